The zero-order chi connectivity index (χ0) is 25.6. The van der Waals surface area contributed by atoms with Gasteiger partial charge in [0.1, 0.15) is 13.2 Å². The summed E-state index contributed by atoms with van der Waals surface area (Å²) in [4.78, 5) is 0. The second-order valence-corrected chi connectivity index (χ2v) is 9.50. The fourth-order valence-electron chi connectivity index (χ4n) is 5.15. The summed E-state index contributed by atoms with van der Waals surface area (Å²) < 4.78 is 28.6. The highest BCUT2D eigenvalue weighted by Crippen LogP contribution is 2.36. The van der Waals surface area contributed by atoms with Gasteiger partial charge in [0.2, 0.25) is 0 Å². The molecule has 0 spiro atoms. The van der Waals surface area contributed by atoms with Gasteiger partial charge >= 0.3 is 0 Å². The Balaban J connectivity index is 1.16. The lowest BCUT2D eigenvalue weighted by Crippen LogP contribution is -2.14. The standard InChI is InChI=1S/C32H33NO5/c1-2-24-5-6-26-7-8-27(28-10-9-25(3-1)31(24)32(26)28)22-33-21-23-4-11-29-30(20-23)38-19-17-36-15-13-34-12-14-35-16-18-37-29/h1-11,20,33H,12-19,21-22H2. The van der Waals surface area contributed by atoms with Gasteiger partial charge in [0.25, 0.3) is 0 Å². The second kappa shape index (κ2) is 12.0. The first kappa shape index (κ1) is 24.9. The Labute approximate surface area is 222 Å². The molecule has 0 atom stereocenters. The van der Waals surface area contributed by atoms with E-state index in [4.69, 9.17) is 23.7 Å². The van der Waals surface area contributed by atoms with Crippen LogP contribution in [0.25, 0.3) is 32.3 Å². The minimum atomic E-state index is 0.451. The molecule has 1 N–H and O–H groups in total. The summed E-state index contributed by atoms with van der Waals surface area (Å²) in [5.41, 5.74) is 2.43. The van der Waals surface area contributed by atoms with Crippen molar-refractivity contribution in [2.75, 3.05) is 52.9 Å². The average Bonchev–Trinajstić information content (AvgIpc) is 2.96. The van der Waals surface area contributed by atoms with Gasteiger partial charge in [-0.1, -0.05) is 60.7 Å². The largest absolute Gasteiger partial charge is 0.487 e. The summed E-state index contributed by atoms with van der Waals surface area (Å²) in [5.74, 6) is 1.44. The number of hydrogen-bond donors (Lipinski definition) is 1. The fourth-order valence-corrected chi connectivity index (χ4v) is 5.15. The number of hydrogen-bond acceptors (Lipinski definition) is 6. The van der Waals surface area contributed by atoms with Crippen molar-refractivity contribution in [2.24, 2.45) is 0 Å². The van der Waals surface area contributed by atoms with E-state index < -0.39 is 0 Å². The molecule has 5 aromatic carbocycles. The molecule has 0 saturated carbocycles. The van der Waals surface area contributed by atoms with Gasteiger partial charge < -0.3 is 29.0 Å². The van der Waals surface area contributed by atoms with Crippen LogP contribution in [0.1, 0.15) is 11.1 Å². The van der Waals surface area contributed by atoms with Crippen molar-refractivity contribution >= 4 is 32.3 Å². The van der Waals surface area contributed by atoms with Crippen molar-refractivity contribution < 1.29 is 23.7 Å². The number of rotatable bonds is 4. The Bertz CT molecular complexity index is 1480. The summed E-state index contributed by atoms with van der Waals surface area (Å²) >= 11 is 0. The van der Waals surface area contributed by atoms with Gasteiger partial charge in [0.05, 0.1) is 39.6 Å². The third kappa shape index (κ3) is 5.54. The zero-order valence-electron chi connectivity index (χ0n) is 21.5. The molecular weight excluding hydrogens is 478 g/mol. The highest BCUT2D eigenvalue weighted by atomic mass is 16.6. The molecule has 0 bridgehead atoms. The number of benzene rings is 5. The molecule has 6 heteroatoms. The maximum atomic E-state index is 6.03. The van der Waals surface area contributed by atoms with Crippen molar-refractivity contribution in [1.29, 1.82) is 0 Å². The van der Waals surface area contributed by atoms with E-state index >= 15 is 0 Å². The van der Waals surface area contributed by atoms with Crippen LogP contribution in [0.2, 0.25) is 0 Å². The molecule has 196 valence electrons. The molecule has 0 fully saturated rings. The van der Waals surface area contributed by atoms with Gasteiger partial charge in [-0.2, -0.15) is 0 Å². The molecule has 1 heterocycles. The maximum absolute atomic E-state index is 6.03. The summed E-state index contributed by atoms with van der Waals surface area (Å²) in [6.07, 6.45) is 0. The van der Waals surface area contributed by atoms with E-state index in [1.165, 1.54) is 37.9 Å². The van der Waals surface area contributed by atoms with Crippen molar-refractivity contribution in [2.45, 2.75) is 13.1 Å². The minimum Gasteiger partial charge on any atom is -0.487 e. The van der Waals surface area contributed by atoms with Crippen LogP contribution in [0, 0.1) is 0 Å². The normalized spacial score (nSPS) is 16.0. The van der Waals surface area contributed by atoms with Gasteiger partial charge in [-0.3, -0.25) is 0 Å². The molecule has 1 aliphatic heterocycles. The molecule has 0 aliphatic carbocycles. The van der Waals surface area contributed by atoms with Gasteiger partial charge in [-0.15, -0.1) is 0 Å². The van der Waals surface area contributed by atoms with Crippen molar-refractivity contribution in [3.63, 3.8) is 0 Å². The Morgan fingerprint density at radius 3 is 1.87 bits per heavy atom. The molecule has 1 aliphatic rings. The van der Waals surface area contributed by atoms with Crippen LogP contribution in [0.5, 0.6) is 11.5 Å². The molecule has 0 radical (unpaired) electrons. The van der Waals surface area contributed by atoms with Crippen molar-refractivity contribution in [3.8, 4) is 11.5 Å². The smallest absolute Gasteiger partial charge is 0.161 e. The quantitative estimate of drug-likeness (QED) is 0.313. The van der Waals surface area contributed by atoms with Crippen LogP contribution in [0.3, 0.4) is 0 Å². The molecule has 6 nitrogen and oxygen atoms in total. The van der Waals surface area contributed by atoms with Gasteiger partial charge in [-0.05, 0) is 55.6 Å². The van der Waals surface area contributed by atoms with E-state index in [2.05, 4.69) is 72.0 Å². The van der Waals surface area contributed by atoms with Crippen LogP contribution in [0.15, 0.2) is 72.8 Å². The topological polar surface area (TPSA) is 58.2 Å². The Morgan fingerprint density at radius 1 is 0.526 bits per heavy atom. The first-order valence-electron chi connectivity index (χ1n) is 13.3. The zero-order valence-corrected chi connectivity index (χ0v) is 21.5. The van der Waals surface area contributed by atoms with E-state index in [0.29, 0.717) is 52.9 Å². The SMILES string of the molecule is c1cc2ccc3ccc(CNCc4ccc5c(c4)OCCOCCOCCOCCO5)c4ccc(c1)c2c34. The lowest BCUT2D eigenvalue weighted by molar-refractivity contribution is 0.00708. The molecule has 38 heavy (non-hydrogen) atoms. The van der Waals surface area contributed by atoms with Crippen LogP contribution in [0.4, 0.5) is 0 Å². The summed E-state index contributed by atoms with van der Waals surface area (Å²) in [5, 5.41) is 11.5. The molecule has 0 amide bonds. The predicted molar refractivity (Wildman–Crippen MR) is 151 cm³/mol. The molecule has 5 aromatic rings. The van der Waals surface area contributed by atoms with Crippen LogP contribution >= 0.6 is 0 Å². The summed E-state index contributed by atoms with van der Waals surface area (Å²) in [6, 6.07) is 26.1. The van der Waals surface area contributed by atoms with Crippen molar-refractivity contribution in [1.82, 2.24) is 5.32 Å². The first-order chi connectivity index (χ1) is 18.9. The van der Waals surface area contributed by atoms with Crippen LogP contribution in [-0.4, -0.2) is 52.9 Å². The number of fused-ring (bicyclic) bond motifs is 1. The summed E-state index contributed by atoms with van der Waals surface area (Å²) in [7, 11) is 0. The predicted octanol–water partition coefficient (Wildman–Crippen LogP) is 5.69. The molecule has 0 aromatic heterocycles. The van der Waals surface area contributed by atoms with Gasteiger partial charge in [0.15, 0.2) is 11.5 Å². The number of ether oxygens (including phenoxy) is 5. The molecule has 6 rings (SSSR count). The Morgan fingerprint density at radius 2 is 1.13 bits per heavy atom. The molecular formula is C32H33NO5. The monoisotopic (exact) mass is 511 g/mol. The number of nitrogens with one attached hydrogen (secondary N) is 1. The van der Waals surface area contributed by atoms with Crippen molar-refractivity contribution in [3.05, 3.63) is 83.9 Å². The molecule has 0 unspecified atom stereocenters. The van der Waals surface area contributed by atoms with Crippen LogP contribution < -0.4 is 14.8 Å². The maximum Gasteiger partial charge on any atom is 0.161 e. The highest BCUT2D eigenvalue weighted by molar-refractivity contribution is 6.23. The molecule has 0 saturated heterocycles. The lowest BCUT2D eigenvalue weighted by Gasteiger charge is -2.16. The average molecular weight is 512 g/mol. The Kier molecular flexibility index (Phi) is 7.84. The first-order valence-corrected chi connectivity index (χ1v) is 13.3. The third-order valence-electron chi connectivity index (χ3n) is 6.99. The van der Waals surface area contributed by atoms with E-state index in [-0.39, 0.29) is 0 Å². The van der Waals surface area contributed by atoms with E-state index in [9.17, 15) is 0 Å². The highest BCUT2D eigenvalue weighted by Gasteiger charge is 2.12. The van der Waals surface area contributed by atoms with Gasteiger partial charge in [0, 0.05) is 13.1 Å². The van der Waals surface area contributed by atoms with E-state index in [1.807, 2.05) is 6.07 Å². The summed E-state index contributed by atoms with van der Waals surface area (Å²) in [6.45, 7) is 5.60. The third-order valence-corrected chi connectivity index (χ3v) is 6.99. The second-order valence-electron chi connectivity index (χ2n) is 9.50. The van der Waals surface area contributed by atoms with Crippen LogP contribution in [-0.2, 0) is 27.3 Å². The Hall–Kier alpha value is -3.42. The lowest BCUT2D eigenvalue weighted by atomic mass is 9.92. The van der Waals surface area contributed by atoms with Gasteiger partial charge in [-0.25, -0.2) is 0 Å². The minimum absolute atomic E-state index is 0.451. The fraction of sp³-hybridized carbons (Fsp3) is 0.312. The van der Waals surface area contributed by atoms with E-state index in [1.54, 1.807) is 0 Å². The van der Waals surface area contributed by atoms with E-state index in [0.717, 1.165) is 30.2 Å².